The number of sulfone groups is 1. The van der Waals surface area contributed by atoms with Crippen molar-refractivity contribution in [2.24, 2.45) is 0 Å². The fraction of sp³-hybridized carbons (Fsp3) is 0.346. The van der Waals surface area contributed by atoms with Crippen molar-refractivity contribution in [1.82, 2.24) is 9.97 Å². The Hall–Kier alpha value is -3.46. The molecule has 8 nitrogen and oxygen atoms in total. The molecule has 0 aliphatic rings. The van der Waals surface area contributed by atoms with Crippen LogP contribution in [0.15, 0.2) is 59.5 Å². The largest absolute Gasteiger partial charge is 0.357 e. The van der Waals surface area contributed by atoms with Crippen LogP contribution >= 0.6 is 0 Å². The number of aryl methyl sites for hydroxylation is 1. The van der Waals surface area contributed by atoms with Crippen LogP contribution < -0.4 is 15.5 Å². The second-order valence-corrected chi connectivity index (χ2v) is 11.0. The monoisotopic (exact) mass is 495 g/mol. The molecule has 35 heavy (non-hydrogen) atoms. The molecule has 0 unspecified atom stereocenters. The second kappa shape index (κ2) is 11.3. The van der Waals surface area contributed by atoms with E-state index in [0.29, 0.717) is 11.6 Å². The van der Waals surface area contributed by atoms with Crippen molar-refractivity contribution in [3.8, 4) is 0 Å². The summed E-state index contributed by atoms with van der Waals surface area (Å²) in [5.74, 6) is 1.21. The lowest BCUT2D eigenvalue weighted by molar-refractivity contribution is -0.115. The Balaban J connectivity index is 1.61. The Morgan fingerprint density at radius 2 is 1.54 bits per heavy atom. The van der Waals surface area contributed by atoms with Gasteiger partial charge in [-0.2, -0.15) is 4.98 Å². The lowest BCUT2D eigenvalue weighted by Gasteiger charge is -2.20. The third-order valence-corrected chi connectivity index (χ3v) is 7.76. The maximum atomic E-state index is 12.5. The lowest BCUT2D eigenvalue weighted by atomic mass is 10.1. The number of carbonyl (C=O) groups is 1. The number of aromatic nitrogens is 2. The van der Waals surface area contributed by atoms with Crippen molar-refractivity contribution in [1.29, 1.82) is 0 Å². The van der Waals surface area contributed by atoms with E-state index in [-0.39, 0.29) is 17.2 Å². The number of nitrogens with one attached hydrogen (secondary N) is 2. The molecule has 3 aromatic rings. The molecule has 0 aliphatic heterocycles. The molecule has 2 N–H and O–H groups in total. The van der Waals surface area contributed by atoms with Crippen LogP contribution in [0.2, 0.25) is 0 Å². The Kier molecular flexibility index (Phi) is 8.45. The molecule has 0 aliphatic carbocycles. The molecule has 186 valence electrons. The van der Waals surface area contributed by atoms with Crippen molar-refractivity contribution >= 4 is 38.9 Å². The van der Waals surface area contributed by atoms with Gasteiger partial charge in [0.15, 0.2) is 9.84 Å². The average molecular weight is 496 g/mol. The van der Waals surface area contributed by atoms with Gasteiger partial charge < -0.3 is 15.5 Å². The molecule has 0 atom stereocenters. The average Bonchev–Trinajstić information content (AvgIpc) is 2.81. The summed E-state index contributed by atoms with van der Waals surface area (Å²) in [5, 5.41) is 5.60. The van der Waals surface area contributed by atoms with Crippen molar-refractivity contribution in [2.45, 2.75) is 51.2 Å². The van der Waals surface area contributed by atoms with E-state index in [0.717, 1.165) is 35.9 Å². The lowest BCUT2D eigenvalue weighted by Crippen LogP contribution is -2.23. The van der Waals surface area contributed by atoms with Crippen LogP contribution in [0.1, 0.15) is 39.0 Å². The minimum absolute atomic E-state index is 0.146. The number of nitrogens with zero attached hydrogens (tertiary/aromatic N) is 3. The molecule has 1 aromatic heterocycles. The van der Waals surface area contributed by atoms with E-state index in [1.54, 1.807) is 50.2 Å². The summed E-state index contributed by atoms with van der Waals surface area (Å²) in [6.07, 6.45) is 0.146. The summed E-state index contributed by atoms with van der Waals surface area (Å²) in [5.41, 5.74) is 3.09. The van der Waals surface area contributed by atoms with Gasteiger partial charge in [-0.1, -0.05) is 12.1 Å². The van der Waals surface area contributed by atoms with Gasteiger partial charge in [0.2, 0.25) is 11.9 Å². The van der Waals surface area contributed by atoms with Crippen LogP contribution in [0.3, 0.4) is 0 Å². The summed E-state index contributed by atoms with van der Waals surface area (Å²) in [7, 11) is -3.33. The Bertz CT molecular complexity index is 1250. The van der Waals surface area contributed by atoms with Gasteiger partial charge in [-0.05, 0) is 76.6 Å². The number of anilines is 4. The smallest absolute Gasteiger partial charge is 0.229 e. The highest BCUT2D eigenvalue weighted by Crippen LogP contribution is 2.21. The topological polar surface area (TPSA) is 104 Å². The highest BCUT2D eigenvalue weighted by atomic mass is 32.2. The van der Waals surface area contributed by atoms with Crippen molar-refractivity contribution < 1.29 is 13.2 Å². The SMILES string of the molecule is CCN(CC)c1cc(C)nc(Nc2ccc(NC(=O)Cc3ccc(S(=O)(=O)C(C)C)cc3)cc2)n1. The quantitative estimate of drug-likeness (QED) is 0.419. The van der Waals surface area contributed by atoms with Crippen LogP contribution in [0.5, 0.6) is 0 Å². The first-order chi connectivity index (χ1) is 16.6. The number of hydrogen-bond donors (Lipinski definition) is 2. The van der Waals surface area contributed by atoms with Crippen LogP contribution in [-0.4, -0.2) is 42.6 Å². The van der Waals surface area contributed by atoms with E-state index in [4.69, 9.17) is 0 Å². The van der Waals surface area contributed by atoms with Crippen molar-refractivity contribution in [3.63, 3.8) is 0 Å². The fourth-order valence-corrected chi connectivity index (χ4v) is 4.60. The number of benzene rings is 2. The van der Waals surface area contributed by atoms with E-state index in [2.05, 4.69) is 39.3 Å². The van der Waals surface area contributed by atoms with Gasteiger partial charge >= 0.3 is 0 Å². The summed E-state index contributed by atoms with van der Waals surface area (Å²) < 4.78 is 24.5. The normalized spacial score (nSPS) is 11.4. The highest BCUT2D eigenvalue weighted by Gasteiger charge is 2.19. The zero-order chi connectivity index (χ0) is 25.6. The number of carbonyl (C=O) groups excluding carboxylic acids is 1. The Morgan fingerprint density at radius 1 is 0.943 bits per heavy atom. The van der Waals surface area contributed by atoms with Crippen LogP contribution in [0, 0.1) is 6.92 Å². The standard InChI is InChI=1S/C26H33N5O3S/c1-6-31(7-2)24-16-19(5)27-26(30-24)29-22-12-10-21(11-13-22)28-25(32)17-20-8-14-23(15-9-20)35(33,34)18(3)4/h8-16,18H,6-7,17H2,1-5H3,(H,28,32)(H,27,29,30). The Labute approximate surface area is 207 Å². The van der Waals surface area contributed by atoms with E-state index in [1.165, 1.54) is 0 Å². The number of hydrogen-bond acceptors (Lipinski definition) is 7. The highest BCUT2D eigenvalue weighted by molar-refractivity contribution is 7.92. The summed E-state index contributed by atoms with van der Waals surface area (Å²) in [4.78, 5) is 24.0. The number of rotatable bonds is 10. The molecule has 0 saturated heterocycles. The van der Waals surface area contributed by atoms with Gasteiger partial charge in [0, 0.05) is 36.2 Å². The fourth-order valence-electron chi connectivity index (χ4n) is 3.54. The molecule has 0 spiro atoms. The predicted molar refractivity (Wildman–Crippen MR) is 141 cm³/mol. The van der Waals surface area contributed by atoms with Gasteiger partial charge in [0.25, 0.3) is 0 Å². The van der Waals surface area contributed by atoms with Gasteiger partial charge in [-0.15, -0.1) is 0 Å². The van der Waals surface area contributed by atoms with E-state index in [9.17, 15) is 13.2 Å². The molecule has 0 bridgehead atoms. The maximum absolute atomic E-state index is 12.5. The van der Waals surface area contributed by atoms with Crippen LogP contribution in [-0.2, 0) is 21.1 Å². The summed E-state index contributed by atoms with van der Waals surface area (Å²) >= 11 is 0. The molecule has 3 rings (SSSR count). The zero-order valence-electron chi connectivity index (χ0n) is 20.9. The van der Waals surface area contributed by atoms with Crippen molar-refractivity contribution in [2.75, 3.05) is 28.6 Å². The van der Waals surface area contributed by atoms with Gasteiger partial charge in [0.05, 0.1) is 16.6 Å². The maximum Gasteiger partial charge on any atom is 0.229 e. The summed E-state index contributed by atoms with van der Waals surface area (Å²) in [6, 6.07) is 15.7. The molecular weight excluding hydrogens is 462 g/mol. The minimum Gasteiger partial charge on any atom is -0.357 e. The first-order valence-electron chi connectivity index (χ1n) is 11.7. The van der Waals surface area contributed by atoms with Crippen LogP contribution in [0.4, 0.5) is 23.1 Å². The first-order valence-corrected chi connectivity index (χ1v) is 13.3. The summed E-state index contributed by atoms with van der Waals surface area (Å²) in [6.45, 7) is 11.1. The van der Waals surface area contributed by atoms with E-state index in [1.807, 2.05) is 25.1 Å². The zero-order valence-corrected chi connectivity index (χ0v) is 21.7. The third kappa shape index (κ3) is 6.79. The first kappa shape index (κ1) is 26.2. The number of amides is 1. The van der Waals surface area contributed by atoms with Gasteiger partial charge in [-0.25, -0.2) is 13.4 Å². The molecule has 0 saturated carbocycles. The second-order valence-electron chi connectivity index (χ2n) is 8.53. The molecular formula is C26H33N5O3S. The van der Waals surface area contributed by atoms with Gasteiger partial charge in [-0.3, -0.25) is 4.79 Å². The molecule has 2 aromatic carbocycles. The third-order valence-electron chi connectivity index (χ3n) is 5.59. The minimum atomic E-state index is -3.33. The molecule has 0 radical (unpaired) electrons. The molecule has 9 heteroatoms. The van der Waals surface area contributed by atoms with E-state index < -0.39 is 15.1 Å². The van der Waals surface area contributed by atoms with Crippen molar-refractivity contribution in [3.05, 3.63) is 65.9 Å². The molecule has 1 heterocycles. The predicted octanol–water partition coefficient (Wildman–Crippen LogP) is 4.74. The van der Waals surface area contributed by atoms with E-state index >= 15 is 0 Å². The molecule has 0 fully saturated rings. The van der Waals surface area contributed by atoms with Gasteiger partial charge in [0.1, 0.15) is 5.82 Å². The molecule has 1 amide bonds. The Morgan fingerprint density at radius 3 is 2.11 bits per heavy atom. The van der Waals surface area contributed by atoms with Crippen LogP contribution in [0.25, 0.3) is 0 Å².